The van der Waals surface area contributed by atoms with Gasteiger partial charge in [0, 0.05) is 18.2 Å². The summed E-state index contributed by atoms with van der Waals surface area (Å²) < 4.78 is 0. The molecule has 2 heteroatoms. The number of allylic oxidation sites excluding steroid dienone is 3. The highest BCUT2D eigenvalue weighted by Gasteiger charge is 2.19. The summed E-state index contributed by atoms with van der Waals surface area (Å²) in [6.45, 7) is 1.10. The summed E-state index contributed by atoms with van der Waals surface area (Å²) in [6.07, 6.45) is 10.5. The number of nitrogens with one attached hydrogen (secondary N) is 2. The van der Waals surface area contributed by atoms with Gasteiger partial charge < -0.3 is 5.43 Å². The molecule has 0 bridgehead atoms. The lowest BCUT2D eigenvalue weighted by molar-refractivity contribution is 0.567. The Hall–Kier alpha value is -0.760. The molecule has 0 radical (unpaired) electrons. The first-order chi connectivity index (χ1) is 5.47. The molecule has 1 unspecified atom stereocenters. The predicted molar refractivity (Wildman–Crippen MR) is 45.7 cm³/mol. The van der Waals surface area contributed by atoms with Crippen LogP contribution in [0.4, 0.5) is 0 Å². The third kappa shape index (κ3) is 1.46. The molecule has 1 saturated heterocycles. The van der Waals surface area contributed by atoms with Crippen molar-refractivity contribution < 1.29 is 0 Å². The van der Waals surface area contributed by atoms with Gasteiger partial charge in [0.25, 0.3) is 0 Å². The van der Waals surface area contributed by atoms with E-state index in [1.54, 1.807) is 0 Å². The van der Waals surface area contributed by atoms with E-state index >= 15 is 0 Å². The van der Waals surface area contributed by atoms with E-state index in [0.29, 0.717) is 0 Å². The first kappa shape index (κ1) is 6.92. The largest absolute Gasteiger partial charge is 0.325 e. The summed E-state index contributed by atoms with van der Waals surface area (Å²) in [6, 6.07) is 0. The van der Waals surface area contributed by atoms with Crippen molar-refractivity contribution in [1.82, 2.24) is 10.9 Å². The Balaban J connectivity index is 2.14. The number of hydrazine groups is 1. The van der Waals surface area contributed by atoms with E-state index < -0.39 is 0 Å². The van der Waals surface area contributed by atoms with E-state index in [0.717, 1.165) is 12.5 Å². The molecule has 1 aliphatic heterocycles. The van der Waals surface area contributed by atoms with Crippen LogP contribution in [0, 0.1) is 5.92 Å². The molecular formula is C9H14N2. The molecule has 11 heavy (non-hydrogen) atoms. The Morgan fingerprint density at radius 2 is 2.45 bits per heavy atom. The molecule has 2 nitrogen and oxygen atoms in total. The molecule has 0 spiro atoms. The zero-order valence-corrected chi connectivity index (χ0v) is 6.64. The van der Waals surface area contributed by atoms with Crippen LogP contribution in [-0.4, -0.2) is 6.54 Å². The highest BCUT2D eigenvalue weighted by Crippen LogP contribution is 2.20. The monoisotopic (exact) mass is 150 g/mol. The summed E-state index contributed by atoms with van der Waals surface area (Å²) >= 11 is 0. The molecule has 0 aromatic heterocycles. The van der Waals surface area contributed by atoms with Crippen molar-refractivity contribution in [2.45, 2.75) is 19.3 Å². The maximum absolute atomic E-state index is 3.19. The molecular weight excluding hydrogens is 136 g/mol. The molecule has 1 heterocycles. The number of hydrogen-bond donors (Lipinski definition) is 2. The zero-order chi connectivity index (χ0) is 7.52. The van der Waals surface area contributed by atoms with Gasteiger partial charge in [-0.05, 0) is 25.3 Å². The normalized spacial score (nSPS) is 37.5. The van der Waals surface area contributed by atoms with E-state index in [4.69, 9.17) is 0 Å². The molecule has 2 rings (SSSR count). The van der Waals surface area contributed by atoms with Crippen LogP contribution in [0.15, 0.2) is 23.9 Å². The van der Waals surface area contributed by atoms with Crippen LogP contribution in [0.5, 0.6) is 0 Å². The molecule has 0 aromatic rings. The summed E-state index contributed by atoms with van der Waals surface area (Å²) in [5.41, 5.74) is 7.72. The van der Waals surface area contributed by atoms with E-state index in [1.807, 2.05) is 0 Å². The smallest absolute Gasteiger partial charge is 0.0306 e. The highest BCUT2D eigenvalue weighted by molar-refractivity contribution is 5.17. The molecule has 2 N–H and O–H groups in total. The lowest BCUT2D eigenvalue weighted by atomic mass is 9.97. The Bertz CT molecular complexity index is 194. The second-order valence-electron chi connectivity index (χ2n) is 3.18. The van der Waals surface area contributed by atoms with Crippen molar-refractivity contribution in [2.24, 2.45) is 5.92 Å². The Morgan fingerprint density at radius 1 is 1.45 bits per heavy atom. The molecule has 1 atom stereocenters. The first-order valence-electron chi connectivity index (χ1n) is 4.32. The van der Waals surface area contributed by atoms with Crippen molar-refractivity contribution >= 4 is 0 Å². The van der Waals surface area contributed by atoms with E-state index in [1.165, 1.54) is 25.0 Å². The lowest BCUT2D eigenvalue weighted by Gasteiger charge is -2.09. The summed E-state index contributed by atoms with van der Waals surface area (Å²) in [4.78, 5) is 0. The van der Waals surface area contributed by atoms with Crippen molar-refractivity contribution in [2.75, 3.05) is 6.54 Å². The van der Waals surface area contributed by atoms with Crippen molar-refractivity contribution in [3.05, 3.63) is 23.9 Å². The second-order valence-corrected chi connectivity index (χ2v) is 3.18. The van der Waals surface area contributed by atoms with Gasteiger partial charge in [-0.3, -0.25) is 0 Å². The molecule has 60 valence electrons. The van der Waals surface area contributed by atoms with E-state index in [2.05, 4.69) is 29.1 Å². The van der Waals surface area contributed by atoms with Crippen LogP contribution in [0.25, 0.3) is 0 Å². The topological polar surface area (TPSA) is 24.1 Å². The van der Waals surface area contributed by atoms with Crippen molar-refractivity contribution in [3.63, 3.8) is 0 Å². The SMILES string of the molecule is C1=C\CCCC2CNN/C2=C/1. The van der Waals surface area contributed by atoms with Gasteiger partial charge in [0.1, 0.15) is 0 Å². The maximum Gasteiger partial charge on any atom is 0.0306 e. The molecule has 2 aliphatic rings. The summed E-state index contributed by atoms with van der Waals surface area (Å²) in [7, 11) is 0. The number of fused-ring (bicyclic) bond motifs is 1. The maximum atomic E-state index is 3.19. The van der Waals surface area contributed by atoms with Gasteiger partial charge in [0.2, 0.25) is 0 Å². The van der Waals surface area contributed by atoms with Gasteiger partial charge in [-0.25, -0.2) is 5.43 Å². The zero-order valence-electron chi connectivity index (χ0n) is 6.64. The third-order valence-electron chi connectivity index (χ3n) is 2.36. The second kappa shape index (κ2) is 3.09. The van der Waals surface area contributed by atoms with Crippen LogP contribution < -0.4 is 10.9 Å². The highest BCUT2D eigenvalue weighted by atomic mass is 15.4. The van der Waals surface area contributed by atoms with Crippen molar-refractivity contribution in [3.8, 4) is 0 Å². The predicted octanol–water partition coefficient (Wildman–Crippen LogP) is 1.33. The molecule has 0 amide bonds. The standard InChI is InChI=1S/C9H14N2/c1-2-4-6-9-8(5-3-1)7-10-11-9/h2,4,6,8,10-11H,1,3,5,7H2/b4-2-,9-6+. The van der Waals surface area contributed by atoms with Crippen LogP contribution >= 0.6 is 0 Å². The number of rotatable bonds is 0. The summed E-state index contributed by atoms with van der Waals surface area (Å²) in [5, 5.41) is 0. The van der Waals surface area contributed by atoms with Gasteiger partial charge >= 0.3 is 0 Å². The first-order valence-corrected chi connectivity index (χ1v) is 4.32. The average Bonchev–Trinajstić information content (AvgIpc) is 2.35. The van der Waals surface area contributed by atoms with E-state index in [-0.39, 0.29) is 0 Å². The van der Waals surface area contributed by atoms with Gasteiger partial charge in [-0.15, -0.1) is 0 Å². The van der Waals surface area contributed by atoms with E-state index in [9.17, 15) is 0 Å². The van der Waals surface area contributed by atoms with Crippen LogP contribution in [0.2, 0.25) is 0 Å². The van der Waals surface area contributed by atoms with Gasteiger partial charge in [0.05, 0.1) is 0 Å². The quantitative estimate of drug-likeness (QED) is 0.544. The lowest BCUT2D eigenvalue weighted by Crippen LogP contribution is -2.20. The Morgan fingerprint density at radius 3 is 3.45 bits per heavy atom. The third-order valence-corrected chi connectivity index (χ3v) is 2.36. The summed E-state index contributed by atoms with van der Waals surface area (Å²) in [5.74, 6) is 0.736. The Labute approximate surface area is 67.3 Å². The van der Waals surface area contributed by atoms with Crippen molar-refractivity contribution in [1.29, 1.82) is 0 Å². The minimum Gasteiger partial charge on any atom is -0.325 e. The van der Waals surface area contributed by atoms with Gasteiger partial charge in [-0.1, -0.05) is 12.2 Å². The van der Waals surface area contributed by atoms with Gasteiger partial charge in [-0.2, -0.15) is 0 Å². The van der Waals surface area contributed by atoms with Crippen LogP contribution in [0.1, 0.15) is 19.3 Å². The minimum atomic E-state index is 0.736. The van der Waals surface area contributed by atoms with Crippen LogP contribution in [-0.2, 0) is 0 Å². The fourth-order valence-electron chi connectivity index (χ4n) is 1.67. The molecule has 0 aromatic carbocycles. The molecule has 1 aliphatic carbocycles. The fourth-order valence-corrected chi connectivity index (χ4v) is 1.67. The number of hydrogen-bond acceptors (Lipinski definition) is 2. The van der Waals surface area contributed by atoms with Crippen LogP contribution in [0.3, 0.4) is 0 Å². The minimum absolute atomic E-state index is 0.736. The molecule has 0 saturated carbocycles. The Kier molecular flexibility index (Phi) is 1.95. The van der Waals surface area contributed by atoms with Gasteiger partial charge in [0.15, 0.2) is 0 Å². The average molecular weight is 150 g/mol. The fraction of sp³-hybridized carbons (Fsp3) is 0.556. The molecule has 1 fully saturated rings.